The van der Waals surface area contributed by atoms with E-state index in [0.29, 0.717) is 22.4 Å². The lowest BCUT2D eigenvalue weighted by atomic mass is 9.83. The molecule has 0 fully saturated rings. The van der Waals surface area contributed by atoms with E-state index in [0.717, 1.165) is 10.8 Å². The molecule has 0 bridgehead atoms. The van der Waals surface area contributed by atoms with Gasteiger partial charge in [0.05, 0.1) is 11.5 Å². The zero-order chi connectivity index (χ0) is 22.9. The van der Waals surface area contributed by atoms with Gasteiger partial charge in [0.1, 0.15) is 29.0 Å². The standard InChI is InChI=1S/C27H17FN2O3/c28-23-11-4-3-9-20(23)25-21-13-12-17(14-24(21)33-26(30)22(25)15-29)32-27(31)19-10-5-7-16-6-1-2-8-18(16)19/h1-14,25H,30H2. The molecule has 1 aliphatic rings. The van der Waals surface area contributed by atoms with Crippen molar-refractivity contribution in [3.8, 4) is 17.6 Å². The molecule has 6 heteroatoms. The third-order valence-corrected chi connectivity index (χ3v) is 5.63. The lowest BCUT2D eigenvalue weighted by Crippen LogP contribution is -2.21. The fourth-order valence-corrected chi connectivity index (χ4v) is 4.09. The molecular formula is C27H17FN2O3. The van der Waals surface area contributed by atoms with E-state index in [9.17, 15) is 14.4 Å². The molecule has 2 N–H and O–H groups in total. The van der Waals surface area contributed by atoms with Gasteiger partial charge in [-0.25, -0.2) is 9.18 Å². The molecule has 4 aromatic carbocycles. The molecule has 33 heavy (non-hydrogen) atoms. The minimum absolute atomic E-state index is 0.115. The molecule has 0 spiro atoms. The summed E-state index contributed by atoms with van der Waals surface area (Å²) in [5, 5.41) is 11.3. The topological polar surface area (TPSA) is 85.3 Å². The summed E-state index contributed by atoms with van der Waals surface area (Å²) in [5.74, 6) is -1.29. The van der Waals surface area contributed by atoms with Crippen LogP contribution in [0.1, 0.15) is 27.4 Å². The highest BCUT2D eigenvalue weighted by atomic mass is 19.1. The van der Waals surface area contributed by atoms with Gasteiger partial charge in [-0.05, 0) is 29.0 Å². The van der Waals surface area contributed by atoms with Crippen molar-refractivity contribution in [2.75, 3.05) is 0 Å². The van der Waals surface area contributed by atoms with Crippen LogP contribution < -0.4 is 15.2 Å². The van der Waals surface area contributed by atoms with Crippen LogP contribution in [-0.2, 0) is 0 Å². The molecule has 0 aromatic heterocycles. The Morgan fingerprint density at radius 2 is 1.73 bits per heavy atom. The molecule has 0 saturated heterocycles. The van der Waals surface area contributed by atoms with Crippen LogP contribution in [0.15, 0.2) is 96.4 Å². The number of halogens is 1. The smallest absolute Gasteiger partial charge is 0.344 e. The third-order valence-electron chi connectivity index (χ3n) is 5.63. The first-order valence-corrected chi connectivity index (χ1v) is 10.2. The predicted molar refractivity (Wildman–Crippen MR) is 121 cm³/mol. The van der Waals surface area contributed by atoms with E-state index in [4.69, 9.17) is 15.2 Å². The summed E-state index contributed by atoms with van der Waals surface area (Å²) < 4.78 is 25.8. The molecule has 1 heterocycles. The van der Waals surface area contributed by atoms with Crippen molar-refractivity contribution in [1.82, 2.24) is 0 Å². The van der Waals surface area contributed by atoms with E-state index in [2.05, 4.69) is 0 Å². The maximum Gasteiger partial charge on any atom is 0.344 e. The Labute approximate surface area is 189 Å². The number of ether oxygens (including phenoxy) is 2. The highest BCUT2D eigenvalue weighted by molar-refractivity contribution is 6.05. The average Bonchev–Trinajstić information content (AvgIpc) is 2.83. The predicted octanol–water partition coefficient (Wildman–Crippen LogP) is 5.42. The summed E-state index contributed by atoms with van der Waals surface area (Å²) in [6, 6.07) is 26.0. The zero-order valence-electron chi connectivity index (χ0n) is 17.3. The third kappa shape index (κ3) is 3.56. The number of fused-ring (bicyclic) bond motifs is 2. The summed E-state index contributed by atoms with van der Waals surface area (Å²) in [5.41, 5.74) is 7.40. The Balaban J connectivity index is 1.52. The van der Waals surface area contributed by atoms with E-state index in [1.165, 1.54) is 12.1 Å². The van der Waals surface area contributed by atoms with Gasteiger partial charge >= 0.3 is 5.97 Å². The number of nitrogens with zero attached hydrogens (tertiary/aromatic N) is 1. The molecule has 5 nitrogen and oxygen atoms in total. The number of carbonyl (C=O) groups is 1. The molecule has 5 rings (SSSR count). The molecular weight excluding hydrogens is 419 g/mol. The van der Waals surface area contributed by atoms with Crippen LogP contribution in [0, 0.1) is 17.1 Å². The average molecular weight is 436 g/mol. The van der Waals surface area contributed by atoms with Crippen molar-refractivity contribution in [3.05, 3.63) is 119 Å². The number of carbonyl (C=O) groups excluding carboxylic acids is 1. The van der Waals surface area contributed by atoms with Gasteiger partial charge in [0.2, 0.25) is 5.88 Å². The number of nitriles is 1. The second-order valence-electron chi connectivity index (χ2n) is 7.56. The van der Waals surface area contributed by atoms with Crippen LogP contribution in [0.4, 0.5) is 4.39 Å². The SMILES string of the molecule is N#CC1=C(N)Oc2cc(OC(=O)c3cccc4ccccc34)ccc2C1c1ccccc1F. The number of hydrogen-bond donors (Lipinski definition) is 1. The zero-order valence-corrected chi connectivity index (χ0v) is 17.3. The van der Waals surface area contributed by atoms with Crippen molar-refractivity contribution >= 4 is 16.7 Å². The molecule has 1 unspecified atom stereocenters. The Kier molecular flexibility index (Phi) is 5.00. The largest absolute Gasteiger partial charge is 0.440 e. The van der Waals surface area contributed by atoms with Crippen molar-refractivity contribution in [3.63, 3.8) is 0 Å². The maximum atomic E-state index is 14.6. The van der Waals surface area contributed by atoms with Gasteiger partial charge in [-0.15, -0.1) is 0 Å². The number of allylic oxidation sites excluding steroid dienone is 1. The fraction of sp³-hybridized carbons (Fsp3) is 0.0370. The van der Waals surface area contributed by atoms with E-state index >= 15 is 0 Å². The van der Waals surface area contributed by atoms with Crippen molar-refractivity contribution in [1.29, 1.82) is 5.26 Å². The van der Waals surface area contributed by atoms with Gasteiger partial charge < -0.3 is 15.2 Å². The van der Waals surface area contributed by atoms with E-state index in [1.807, 2.05) is 36.4 Å². The number of esters is 1. The molecule has 1 atom stereocenters. The number of benzene rings is 4. The van der Waals surface area contributed by atoms with Gasteiger partial charge in [-0.2, -0.15) is 5.26 Å². The first kappa shape index (κ1) is 20.3. The molecule has 0 saturated carbocycles. The Hall–Kier alpha value is -4.63. The summed E-state index contributed by atoms with van der Waals surface area (Å²) >= 11 is 0. The lowest BCUT2D eigenvalue weighted by molar-refractivity contribution is 0.0736. The summed E-state index contributed by atoms with van der Waals surface area (Å²) in [7, 11) is 0. The van der Waals surface area contributed by atoms with Crippen LogP contribution in [0.25, 0.3) is 10.8 Å². The first-order chi connectivity index (χ1) is 16.1. The molecule has 0 amide bonds. The Bertz CT molecular complexity index is 1480. The minimum atomic E-state index is -0.734. The van der Waals surface area contributed by atoms with Crippen molar-refractivity contribution < 1.29 is 18.7 Å². The monoisotopic (exact) mass is 436 g/mol. The Morgan fingerprint density at radius 3 is 2.55 bits per heavy atom. The van der Waals surface area contributed by atoms with Crippen LogP contribution in [0.2, 0.25) is 0 Å². The van der Waals surface area contributed by atoms with Crippen LogP contribution in [0.5, 0.6) is 11.5 Å². The Morgan fingerprint density at radius 1 is 0.970 bits per heavy atom. The van der Waals surface area contributed by atoms with Gasteiger partial charge in [-0.1, -0.05) is 60.7 Å². The van der Waals surface area contributed by atoms with Crippen LogP contribution in [0.3, 0.4) is 0 Å². The molecule has 4 aromatic rings. The normalized spacial score (nSPS) is 14.8. The summed E-state index contributed by atoms with van der Waals surface area (Å²) in [4.78, 5) is 12.9. The second kappa shape index (κ2) is 8.13. The van der Waals surface area contributed by atoms with Gasteiger partial charge in [0.25, 0.3) is 0 Å². The van der Waals surface area contributed by atoms with Gasteiger partial charge in [0, 0.05) is 17.2 Å². The van der Waals surface area contributed by atoms with Crippen LogP contribution >= 0.6 is 0 Å². The second-order valence-corrected chi connectivity index (χ2v) is 7.56. The lowest BCUT2D eigenvalue weighted by Gasteiger charge is -2.27. The molecule has 1 aliphatic heterocycles. The molecule has 160 valence electrons. The molecule has 0 aliphatic carbocycles. The van der Waals surface area contributed by atoms with Crippen molar-refractivity contribution in [2.24, 2.45) is 5.73 Å². The highest BCUT2D eigenvalue weighted by Crippen LogP contribution is 2.44. The summed E-state index contributed by atoms with van der Waals surface area (Å²) in [6.45, 7) is 0. The maximum absolute atomic E-state index is 14.6. The van der Waals surface area contributed by atoms with Crippen LogP contribution in [-0.4, -0.2) is 5.97 Å². The van der Waals surface area contributed by atoms with E-state index in [-0.39, 0.29) is 17.2 Å². The summed E-state index contributed by atoms with van der Waals surface area (Å²) in [6.07, 6.45) is 0. The van der Waals surface area contributed by atoms with E-state index < -0.39 is 17.7 Å². The molecule has 0 radical (unpaired) electrons. The van der Waals surface area contributed by atoms with Crippen molar-refractivity contribution in [2.45, 2.75) is 5.92 Å². The fourth-order valence-electron chi connectivity index (χ4n) is 4.09. The van der Waals surface area contributed by atoms with Gasteiger partial charge in [-0.3, -0.25) is 0 Å². The number of rotatable bonds is 3. The van der Waals surface area contributed by atoms with E-state index in [1.54, 1.807) is 42.5 Å². The van der Waals surface area contributed by atoms with Gasteiger partial charge in [0.15, 0.2) is 0 Å². The first-order valence-electron chi connectivity index (χ1n) is 10.2. The highest BCUT2D eigenvalue weighted by Gasteiger charge is 2.32. The quantitative estimate of drug-likeness (QED) is 0.343. The minimum Gasteiger partial charge on any atom is -0.440 e. The number of nitrogens with two attached hydrogens (primary N) is 1. The number of hydrogen-bond acceptors (Lipinski definition) is 5.